The Morgan fingerprint density at radius 2 is 1.82 bits per heavy atom. The second-order valence-corrected chi connectivity index (χ2v) is 3.95. The summed E-state index contributed by atoms with van der Waals surface area (Å²) in [6.45, 7) is 9.30. The molecule has 1 rings (SSSR count). The van der Waals surface area contributed by atoms with Crippen LogP contribution in [0.1, 0.15) is 20.3 Å². The van der Waals surface area contributed by atoms with E-state index in [1.54, 1.807) is 0 Å². The maximum Gasteiger partial charge on any atom is 0.0886 e. The number of hydrogen-bond acceptors (Lipinski definition) is 1. The Hall–Kier alpha value is -0.340. The van der Waals surface area contributed by atoms with Crippen molar-refractivity contribution in [3.63, 3.8) is 0 Å². The van der Waals surface area contributed by atoms with Gasteiger partial charge in [-0.3, -0.25) is 0 Å². The standard InChI is InChI=1S/C9H17NO/c1-4-10(11)6-8(2)5-9(3)7-10/h4,8-9H,1,5-7H2,2-3H3. The van der Waals surface area contributed by atoms with Gasteiger partial charge in [-0.15, -0.1) is 0 Å². The van der Waals surface area contributed by atoms with Gasteiger partial charge in [-0.1, -0.05) is 13.8 Å². The van der Waals surface area contributed by atoms with Crippen LogP contribution in [0.4, 0.5) is 0 Å². The highest BCUT2D eigenvalue weighted by Gasteiger charge is 2.27. The fraction of sp³-hybridized carbons (Fsp3) is 0.778. The molecule has 0 saturated carbocycles. The molecule has 1 fully saturated rings. The molecular formula is C9H17NO. The van der Waals surface area contributed by atoms with E-state index in [0.29, 0.717) is 24.9 Å². The fourth-order valence-corrected chi connectivity index (χ4v) is 2.11. The first kappa shape index (κ1) is 8.75. The summed E-state index contributed by atoms with van der Waals surface area (Å²) in [4.78, 5) is 0. The van der Waals surface area contributed by atoms with Crippen LogP contribution in [0.15, 0.2) is 12.8 Å². The molecule has 1 saturated heterocycles. The number of hydrogen-bond donors (Lipinski definition) is 0. The lowest BCUT2D eigenvalue weighted by molar-refractivity contribution is -0.842. The molecule has 0 amide bonds. The Labute approximate surface area is 68.7 Å². The van der Waals surface area contributed by atoms with Crippen LogP contribution in [0.3, 0.4) is 0 Å². The first-order chi connectivity index (χ1) is 5.06. The summed E-state index contributed by atoms with van der Waals surface area (Å²) in [7, 11) is 0. The van der Waals surface area contributed by atoms with Crippen molar-refractivity contribution in [2.24, 2.45) is 11.8 Å². The summed E-state index contributed by atoms with van der Waals surface area (Å²) in [5.41, 5.74) is 0. The second kappa shape index (κ2) is 2.95. The second-order valence-electron chi connectivity index (χ2n) is 3.95. The van der Waals surface area contributed by atoms with E-state index in [0.717, 1.165) is 0 Å². The third-order valence-electron chi connectivity index (χ3n) is 2.38. The Morgan fingerprint density at radius 3 is 2.18 bits per heavy atom. The van der Waals surface area contributed by atoms with Gasteiger partial charge in [0.15, 0.2) is 0 Å². The Kier molecular flexibility index (Phi) is 2.35. The quantitative estimate of drug-likeness (QED) is 0.420. The van der Waals surface area contributed by atoms with Crippen molar-refractivity contribution >= 4 is 0 Å². The average molecular weight is 155 g/mol. The van der Waals surface area contributed by atoms with Gasteiger partial charge in [0.05, 0.1) is 19.3 Å². The fourth-order valence-electron chi connectivity index (χ4n) is 2.11. The minimum Gasteiger partial charge on any atom is -0.628 e. The zero-order valence-electron chi connectivity index (χ0n) is 7.42. The Balaban J connectivity index is 2.62. The first-order valence-corrected chi connectivity index (χ1v) is 4.27. The van der Waals surface area contributed by atoms with Gasteiger partial charge >= 0.3 is 0 Å². The maximum atomic E-state index is 11.7. The number of piperidine rings is 1. The lowest BCUT2D eigenvalue weighted by Crippen LogP contribution is -2.47. The van der Waals surface area contributed by atoms with Gasteiger partial charge in [-0.05, 0) is 13.0 Å². The number of nitrogens with zero attached hydrogens (tertiary/aromatic N) is 1. The van der Waals surface area contributed by atoms with E-state index in [4.69, 9.17) is 0 Å². The molecule has 0 aromatic rings. The molecule has 2 atom stereocenters. The Morgan fingerprint density at radius 1 is 1.36 bits per heavy atom. The molecule has 2 heteroatoms. The van der Waals surface area contributed by atoms with Crippen LogP contribution in [-0.2, 0) is 0 Å². The minimum absolute atomic E-state index is 0.192. The molecule has 0 spiro atoms. The number of likely N-dealkylation sites (tertiary alicyclic amines) is 1. The molecule has 1 heterocycles. The minimum atomic E-state index is -0.192. The molecule has 0 N–H and O–H groups in total. The largest absolute Gasteiger partial charge is 0.628 e. The van der Waals surface area contributed by atoms with E-state index >= 15 is 0 Å². The third kappa shape index (κ3) is 2.04. The topological polar surface area (TPSA) is 23.1 Å². The lowest BCUT2D eigenvalue weighted by atomic mass is 9.92. The number of quaternary nitrogens is 1. The zero-order valence-corrected chi connectivity index (χ0v) is 7.42. The number of hydroxylamine groups is 3. The third-order valence-corrected chi connectivity index (χ3v) is 2.38. The average Bonchev–Trinajstić information content (AvgIpc) is 1.84. The van der Waals surface area contributed by atoms with Crippen molar-refractivity contribution in [3.8, 4) is 0 Å². The summed E-state index contributed by atoms with van der Waals surface area (Å²) < 4.78 is -0.192. The zero-order chi connectivity index (χ0) is 8.48. The van der Waals surface area contributed by atoms with E-state index in [2.05, 4.69) is 20.4 Å². The van der Waals surface area contributed by atoms with Crippen molar-refractivity contribution in [1.82, 2.24) is 0 Å². The molecule has 0 aromatic heterocycles. The van der Waals surface area contributed by atoms with Crippen LogP contribution in [0, 0.1) is 17.0 Å². The van der Waals surface area contributed by atoms with Gasteiger partial charge in [-0.25, -0.2) is 0 Å². The first-order valence-electron chi connectivity index (χ1n) is 4.27. The summed E-state index contributed by atoms with van der Waals surface area (Å²) in [5, 5.41) is 11.7. The van der Waals surface area contributed by atoms with Gasteiger partial charge in [0.2, 0.25) is 0 Å². The highest BCUT2D eigenvalue weighted by Crippen LogP contribution is 2.26. The highest BCUT2D eigenvalue weighted by molar-refractivity contribution is 4.71. The van der Waals surface area contributed by atoms with Crippen LogP contribution < -0.4 is 0 Å². The molecule has 2 nitrogen and oxygen atoms in total. The number of rotatable bonds is 1. The lowest BCUT2D eigenvalue weighted by Gasteiger charge is -2.46. The highest BCUT2D eigenvalue weighted by atomic mass is 16.5. The molecule has 0 bridgehead atoms. The van der Waals surface area contributed by atoms with Crippen LogP contribution in [0.25, 0.3) is 0 Å². The molecule has 0 aromatic carbocycles. The van der Waals surface area contributed by atoms with Crippen molar-refractivity contribution in [2.75, 3.05) is 13.1 Å². The van der Waals surface area contributed by atoms with Crippen LogP contribution >= 0.6 is 0 Å². The predicted molar refractivity (Wildman–Crippen MR) is 46.5 cm³/mol. The smallest absolute Gasteiger partial charge is 0.0886 e. The van der Waals surface area contributed by atoms with Crippen molar-refractivity contribution < 1.29 is 4.65 Å². The molecule has 1 aliphatic rings. The van der Waals surface area contributed by atoms with Crippen LogP contribution in [0.5, 0.6) is 0 Å². The predicted octanol–water partition coefficient (Wildman–Crippen LogP) is 2.12. The van der Waals surface area contributed by atoms with Gasteiger partial charge < -0.3 is 9.85 Å². The monoisotopic (exact) mass is 155 g/mol. The molecule has 2 unspecified atom stereocenters. The Bertz CT molecular complexity index is 146. The molecular weight excluding hydrogens is 138 g/mol. The van der Waals surface area contributed by atoms with Gasteiger partial charge in [0.25, 0.3) is 0 Å². The van der Waals surface area contributed by atoms with Crippen LogP contribution in [0.2, 0.25) is 0 Å². The molecule has 11 heavy (non-hydrogen) atoms. The van der Waals surface area contributed by atoms with E-state index in [1.165, 1.54) is 12.6 Å². The van der Waals surface area contributed by atoms with Gasteiger partial charge in [0.1, 0.15) is 0 Å². The summed E-state index contributed by atoms with van der Waals surface area (Å²) in [6.07, 6.45) is 2.72. The van der Waals surface area contributed by atoms with Gasteiger partial charge in [-0.2, -0.15) is 0 Å². The maximum absolute atomic E-state index is 11.7. The SMILES string of the molecule is C=C[N+]1([O-])CC(C)CC(C)C1. The van der Waals surface area contributed by atoms with Gasteiger partial charge in [0, 0.05) is 11.8 Å². The molecule has 0 radical (unpaired) electrons. The van der Waals surface area contributed by atoms with E-state index in [1.807, 2.05) is 0 Å². The summed E-state index contributed by atoms with van der Waals surface area (Å²) >= 11 is 0. The van der Waals surface area contributed by atoms with E-state index in [-0.39, 0.29) is 4.65 Å². The molecule has 1 aliphatic heterocycles. The summed E-state index contributed by atoms with van der Waals surface area (Å²) in [5.74, 6) is 1.10. The van der Waals surface area contributed by atoms with Crippen molar-refractivity contribution in [3.05, 3.63) is 18.0 Å². The van der Waals surface area contributed by atoms with Crippen LogP contribution in [-0.4, -0.2) is 17.7 Å². The van der Waals surface area contributed by atoms with E-state index < -0.39 is 0 Å². The normalized spacial score (nSPS) is 45.4. The molecule has 64 valence electrons. The molecule has 0 aliphatic carbocycles. The van der Waals surface area contributed by atoms with Crippen molar-refractivity contribution in [2.45, 2.75) is 20.3 Å². The van der Waals surface area contributed by atoms with E-state index in [9.17, 15) is 5.21 Å². The summed E-state index contributed by atoms with van der Waals surface area (Å²) in [6, 6.07) is 0. The van der Waals surface area contributed by atoms with Crippen molar-refractivity contribution in [1.29, 1.82) is 0 Å².